The lowest BCUT2D eigenvalue weighted by atomic mass is 9.79. The molecule has 0 N–H and O–H groups in total. The van der Waals surface area contributed by atoms with Crippen molar-refractivity contribution in [3.8, 4) is 6.07 Å². The van der Waals surface area contributed by atoms with E-state index >= 15 is 0 Å². The first kappa shape index (κ1) is 13.2. The number of benzene rings is 1. The van der Waals surface area contributed by atoms with Crippen LogP contribution in [-0.4, -0.2) is 12.6 Å². The van der Waals surface area contributed by atoms with Gasteiger partial charge in [0.25, 0.3) is 0 Å². The highest BCUT2D eigenvalue weighted by atomic mass is 16.5. The fourth-order valence-corrected chi connectivity index (χ4v) is 1.69. The molecule has 0 bridgehead atoms. The Morgan fingerprint density at radius 2 is 2.18 bits per heavy atom. The van der Waals surface area contributed by atoms with Gasteiger partial charge in [0.15, 0.2) is 0 Å². The zero-order valence-corrected chi connectivity index (χ0v) is 10.5. The second-order valence-corrected chi connectivity index (χ2v) is 4.10. The molecule has 0 aliphatic rings. The van der Waals surface area contributed by atoms with Gasteiger partial charge in [-0.15, -0.1) is 0 Å². The van der Waals surface area contributed by atoms with Crippen LogP contribution in [0.3, 0.4) is 0 Å². The third-order valence-electron chi connectivity index (χ3n) is 3.06. The van der Waals surface area contributed by atoms with E-state index in [0.717, 1.165) is 5.56 Å². The molecule has 1 aromatic rings. The van der Waals surface area contributed by atoms with Crippen LogP contribution in [0, 0.1) is 11.3 Å². The van der Waals surface area contributed by atoms with Gasteiger partial charge in [-0.25, -0.2) is 0 Å². The molecular formula is C14H17NO2. The highest BCUT2D eigenvalue weighted by Gasteiger charge is 2.34. The first-order valence-electron chi connectivity index (χ1n) is 5.76. The van der Waals surface area contributed by atoms with Crippen LogP contribution in [-0.2, 0) is 14.9 Å². The highest BCUT2D eigenvalue weighted by molar-refractivity contribution is 5.82. The molecule has 1 unspecified atom stereocenters. The fourth-order valence-electron chi connectivity index (χ4n) is 1.69. The molecule has 0 saturated heterocycles. The van der Waals surface area contributed by atoms with Crippen molar-refractivity contribution in [3.63, 3.8) is 0 Å². The quantitative estimate of drug-likeness (QED) is 0.749. The molecule has 0 fully saturated rings. The summed E-state index contributed by atoms with van der Waals surface area (Å²) in [7, 11) is 0. The smallest absolute Gasteiger partial charge is 0.316 e. The minimum absolute atomic E-state index is 0.238. The van der Waals surface area contributed by atoms with Crippen molar-refractivity contribution in [2.24, 2.45) is 0 Å². The van der Waals surface area contributed by atoms with Crippen molar-refractivity contribution < 1.29 is 9.53 Å². The van der Waals surface area contributed by atoms with E-state index in [4.69, 9.17) is 10.00 Å². The molecule has 0 amide bonds. The van der Waals surface area contributed by atoms with E-state index in [0.29, 0.717) is 18.6 Å². The molecule has 0 spiro atoms. The monoisotopic (exact) mass is 231 g/mol. The molecular weight excluding hydrogens is 214 g/mol. The van der Waals surface area contributed by atoms with E-state index in [1.165, 1.54) is 0 Å². The van der Waals surface area contributed by atoms with Gasteiger partial charge in [-0.1, -0.05) is 19.1 Å². The number of ether oxygens (including phenoxy) is 1. The van der Waals surface area contributed by atoms with E-state index in [9.17, 15) is 4.79 Å². The normalized spacial score (nSPS) is 13.5. The molecule has 1 aromatic carbocycles. The zero-order valence-electron chi connectivity index (χ0n) is 10.5. The number of nitriles is 1. The van der Waals surface area contributed by atoms with Crippen LogP contribution in [0.4, 0.5) is 0 Å². The molecule has 1 atom stereocenters. The Morgan fingerprint density at radius 1 is 1.47 bits per heavy atom. The topological polar surface area (TPSA) is 50.1 Å². The third kappa shape index (κ3) is 2.65. The van der Waals surface area contributed by atoms with E-state index in [2.05, 4.69) is 6.07 Å². The lowest BCUT2D eigenvalue weighted by Gasteiger charge is -2.26. The maximum atomic E-state index is 12.0. The number of esters is 1. The van der Waals surface area contributed by atoms with Crippen molar-refractivity contribution in [2.45, 2.75) is 32.6 Å². The Kier molecular flexibility index (Phi) is 4.28. The number of hydrogen-bond donors (Lipinski definition) is 0. The summed E-state index contributed by atoms with van der Waals surface area (Å²) in [5.41, 5.74) is 0.715. The average molecular weight is 231 g/mol. The van der Waals surface area contributed by atoms with Crippen molar-refractivity contribution in [1.29, 1.82) is 5.26 Å². The van der Waals surface area contributed by atoms with Gasteiger partial charge in [0.2, 0.25) is 0 Å². The predicted molar refractivity (Wildman–Crippen MR) is 65.4 cm³/mol. The van der Waals surface area contributed by atoms with Crippen LogP contribution in [0.25, 0.3) is 0 Å². The number of carbonyl (C=O) groups is 1. The highest BCUT2D eigenvalue weighted by Crippen LogP contribution is 2.29. The van der Waals surface area contributed by atoms with Crippen molar-refractivity contribution >= 4 is 5.97 Å². The minimum atomic E-state index is -0.678. The summed E-state index contributed by atoms with van der Waals surface area (Å²) in [6, 6.07) is 9.21. The number of rotatable bonds is 4. The average Bonchev–Trinajstić information content (AvgIpc) is 2.38. The minimum Gasteiger partial charge on any atom is -0.465 e. The molecule has 0 saturated carbocycles. The summed E-state index contributed by atoms with van der Waals surface area (Å²) >= 11 is 0. The van der Waals surface area contributed by atoms with Crippen LogP contribution < -0.4 is 0 Å². The SMILES string of the molecule is CCOC(=O)C(C)(CC)c1cccc(C#N)c1. The van der Waals surface area contributed by atoms with E-state index in [1.54, 1.807) is 25.1 Å². The number of hydrogen-bond acceptors (Lipinski definition) is 3. The molecule has 0 radical (unpaired) electrons. The maximum Gasteiger partial charge on any atom is 0.316 e. The molecule has 0 aliphatic heterocycles. The lowest BCUT2D eigenvalue weighted by Crippen LogP contribution is -2.33. The van der Waals surface area contributed by atoms with Crippen LogP contribution in [0.15, 0.2) is 24.3 Å². The Labute approximate surface area is 102 Å². The number of nitrogens with zero attached hydrogens (tertiary/aromatic N) is 1. The van der Waals surface area contributed by atoms with E-state index in [1.807, 2.05) is 19.9 Å². The van der Waals surface area contributed by atoms with Gasteiger partial charge in [0.1, 0.15) is 0 Å². The predicted octanol–water partition coefficient (Wildman–Crippen LogP) is 2.79. The molecule has 3 heteroatoms. The Bertz CT molecular complexity index is 448. The van der Waals surface area contributed by atoms with Gasteiger partial charge in [-0.05, 0) is 38.0 Å². The molecule has 0 heterocycles. The molecule has 0 aromatic heterocycles. The summed E-state index contributed by atoms with van der Waals surface area (Å²) in [4.78, 5) is 12.0. The Hall–Kier alpha value is -1.82. The second-order valence-electron chi connectivity index (χ2n) is 4.10. The maximum absolute atomic E-state index is 12.0. The van der Waals surface area contributed by atoms with Crippen LogP contribution in [0.5, 0.6) is 0 Å². The molecule has 3 nitrogen and oxygen atoms in total. The summed E-state index contributed by atoms with van der Waals surface area (Å²) in [6.45, 7) is 5.95. The number of carbonyl (C=O) groups excluding carboxylic acids is 1. The van der Waals surface area contributed by atoms with Crippen LogP contribution >= 0.6 is 0 Å². The Morgan fingerprint density at radius 3 is 2.71 bits per heavy atom. The molecule has 17 heavy (non-hydrogen) atoms. The van der Waals surface area contributed by atoms with Gasteiger partial charge in [-0.3, -0.25) is 4.79 Å². The van der Waals surface area contributed by atoms with E-state index < -0.39 is 5.41 Å². The van der Waals surface area contributed by atoms with Crippen molar-refractivity contribution in [2.75, 3.05) is 6.61 Å². The fraction of sp³-hybridized carbons (Fsp3) is 0.429. The summed E-state index contributed by atoms with van der Waals surface area (Å²) < 4.78 is 5.10. The van der Waals surface area contributed by atoms with Gasteiger partial charge in [-0.2, -0.15) is 5.26 Å². The lowest BCUT2D eigenvalue weighted by molar-refractivity contribution is -0.149. The van der Waals surface area contributed by atoms with Gasteiger partial charge in [0, 0.05) is 0 Å². The third-order valence-corrected chi connectivity index (χ3v) is 3.06. The summed E-state index contributed by atoms with van der Waals surface area (Å²) in [5.74, 6) is -0.238. The first-order chi connectivity index (χ1) is 8.08. The largest absolute Gasteiger partial charge is 0.465 e. The standard InChI is InChI=1S/C14H17NO2/c1-4-14(3,13(16)17-5-2)12-8-6-7-11(9-12)10-15/h6-9H,4-5H2,1-3H3. The van der Waals surface area contributed by atoms with Crippen molar-refractivity contribution in [3.05, 3.63) is 35.4 Å². The first-order valence-corrected chi connectivity index (χ1v) is 5.76. The van der Waals surface area contributed by atoms with Crippen molar-refractivity contribution in [1.82, 2.24) is 0 Å². The Balaban J connectivity index is 3.16. The second kappa shape index (κ2) is 5.49. The van der Waals surface area contributed by atoms with Gasteiger partial charge >= 0.3 is 5.97 Å². The van der Waals surface area contributed by atoms with Gasteiger partial charge in [0.05, 0.1) is 23.7 Å². The van der Waals surface area contributed by atoms with Crippen LogP contribution in [0.2, 0.25) is 0 Å². The van der Waals surface area contributed by atoms with Crippen LogP contribution in [0.1, 0.15) is 38.3 Å². The zero-order chi connectivity index (χ0) is 12.9. The van der Waals surface area contributed by atoms with Gasteiger partial charge < -0.3 is 4.74 Å². The summed E-state index contributed by atoms with van der Waals surface area (Å²) in [6.07, 6.45) is 0.640. The molecule has 90 valence electrons. The summed E-state index contributed by atoms with van der Waals surface area (Å²) in [5, 5.41) is 8.88. The molecule has 0 aliphatic carbocycles. The molecule has 1 rings (SSSR count). The van der Waals surface area contributed by atoms with E-state index in [-0.39, 0.29) is 5.97 Å².